The molecule has 1 aliphatic rings. The molecule has 2 heteroatoms. The maximum Gasteiger partial charge on any atom is 1.00 e. The first kappa shape index (κ1) is 11.7. The zero-order chi connectivity index (χ0) is 8.77. The molecule has 1 aliphatic heterocycles. The molecule has 0 aliphatic carbocycles. The van der Waals surface area contributed by atoms with Gasteiger partial charge in [0.2, 0.25) is 0 Å². The van der Waals surface area contributed by atoms with Gasteiger partial charge in [0.1, 0.15) is 0 Å². The van der Waals surface area contributed by atoms with Gasteiger partial charge in [-0.05, 0) is 20.3 Å². The maximum atomic E-state index is 3.12. The van der Waals surface area contributed by atoms with Crippen molar-refractivity contribution in [2.75, 3.05) is 11.9 Å². The Labute approximate surface area is 123 Å². The minimum Gasteiger partial charge on any atom is -0.392 e. The molecule has 13 heavy (non-hydrogen) atoms. The molecule has 0 spiro atoms. The number of hydrogen-bond acceptors (Lipinski definition) is 1. The second-order valence-electron chi connectivity index (χ2n) is 4.10. The third-order valence-corrected chi connectivity index (χ3v) is 2.82. The molecule has 64 valence electrons. The van der Waals surface area contributed by atoms with Crippen molar-refractivity contribution >= 4 is 5.69 Å². The van der Waals surface area contributed by atoms with Gasteiger partial charge in [-0.25, -0.2) is 0 Å². The van der Waals surface area contributed by atoms with Crippen molar-refractivity contribution in [1.29, 1.82) is 0 Å². The first-order valence-corrected chi connectivity index (χ1v) is 4.34. The summed E-state index contributed by atoms with van der Waals surface area (Å²) in [5.41, 5.74) is 3.06. The summed E-state index contributed by atoms with van der Waals surface area (Å²) in [4.78, 5) is 2.34. The minimum absolute atomic E-state index is 0. The van der Waals surface area contributed by atoms with Gasteiger partial charge in [0.25, 0.3) is 0 Å². The molecule has 0 N–H and O–H groups in total. The molecule has 0 aromatic heterocycles. The fraction of sp³-hybridized carbons (Fsp3) is 0.455. The smallest absolute Gasteiger partial charge is 0.392 e. The monoisotopic (exact) mass is 199 g/mol. The van der Waals surface area contributed by atoms with Crippen molar-refractivity contribution in [3.05, 3.63) is 29.8 Å². The van der Waals surface area contributed by atoms with E-state index < -0.39 is 0 Å². The number of hydrogen-bond donors (Lipinski definition) is 0. The number of benzene rings is 1. The Bertz CT molecular complexity index is 307. The van der Waals surface area contributed by atoms with Crippen LogP contribution in [0.2, 0.25) is 0 Å². The van der Waals surface area contributed by atoms with Crippen LogP contribution in [0.25, 0.3) is 0 Å². The first-order chi connectivity index (χ1) is 5.61. The van der Waals surface area contributed by atoms with Crippen LogP contribution in [-0.2, 0) is 6.42 Å². The molecule has 0 atom stereocenters. The van der Waals surface area contributed by atoms with Crippen molar-refractivity contribution in [3.63, 3.8) is 0 Å². The molecule has 0 saturated heterocycles. The van der Waals surface area contributed by atoms with E-state index in [1.807, 2.05) is 6.07 Å². The molecule has 1 heterocycles. The summed E-state index contributed by atoms with van der Waals surface area (Å²) in [5.74, 6) is 0. The van der Waals surface area contributed by atoms with Crippen LogP contribution in [0.15, 0.2) is 18.2 Å². The predicted octanol–water partition coefficient (Wildman–Crippen LogP) is -0.738. The van der Waals surface area contributed by atoms with E-state index in [9.17, 15) is 0 Å². The van der Waals surface area contributed by atoms with Gasteiger partial charge in [0.15, 0.2) is 0 Å². The van der Waals surface area contributed by atoms with Gasteiger partial charge in [-0.15, -0.1) is 11.6 Å². The molecule has 0 radical (unpaired) electrons. The minimum atomic E-state index is 0. The van der Waals surface area contributed by atoms with E-state index in [2.05, 4.69) is 44.0 Å². The molecule has 0 saturated carbocycles. The second kappa shape index (κ2) is 4.03. The van der Waals surface area contributed by atoms with Gasteiger partial charge in [-0.2, -0.15) is 18.2 Å². The fourth-order valence-corrected chi connectivity index (χ4v) is 1.84. The Morgan fingerprint density at radius 1 is 1.46 bits per heavy atom. The molecule has 1 nitrogen and oxygen atoms in total. The third-order valence-electron chi connectivity index (χ3n) is 2.82. The van der Waals surface area contributed by atoms with Crippen molar-refractivity contribution in [2.24, 2.45) is 0 Å². The molecule has 0 fully saturated rings. The predicted molar refractivity (Wildman–Crippen MR) is 51.5 cm³/mol. The summed E-state index contributed by atoms with van der Waals surface area (Å²) in [5, 5.41) is 0. The van der Waals surface area contributed by atoms with Gasteiger partial charge in [0, 0.05) is 12.6 Å². The van der Waals surface area contributed by atoms with Crippen LogP contribution in [0.3, 0.4) is 0 Å². The molecular weight excluding hydrogens is 185 g/mol. The molecule has 2 rings (SSSR count). The van der Waals surface area contributed by atoms with Crippen LogP contribution in [0.4, 0.5) is 5.69 Å². The standard InChI is InChI=1S/C11H14N.K/c1-11(2)8-9-6-4-5-7-10(9)12(11)3;/h5-7H,8H2,1-3H3;/q-1;+1. The summed E-state index contributed by atoms with van der Waals surface area (Å²) >= 11 is 0. The molecule has 1 aromatic rings. The Kier molecular flexibility index (Phi) is 3.64. The van der Waals surface area contributed by atoms with Crippen molar-refractivity contribution in [1.82, 2.24) is 0 Å². The maximum absolute atomic E-state index is 3.12. The quantitative estimate of drug-likeness (QED) is 0.393. The van der Waals surface area contributed by atoms with Gasteiger partial charge in [-0.1, -0.05) is 5.69 Å². The Morgan fingerprint density at radius 2 is 2.15 bits per heavy atom. The average Bonchev–Trinajstić information content (AvgIpc) is 2.24. The topological polar surface area (TPSA) is 3.24 Å². The van der Waals surface area contributed by atoms with Crippen LogP contribution < -0.4 is 56.3 Å². The SMILES string of the molecule is CN1c2cc[c-]cc2CC1(C)C.[K+]. The van der Waals surface area contributed by atoms with Crippen LogP contribution in [-0.4, -0.2) is 12.6 Å². The van der Waals surface area contributed by atoms with Gasteiger partial charge in [0.05, 0.1) is 0 Å². The van der Waals surface area contributed by atoms with Crippen LogP contribution in [0, 0.1) is 6.07 Å². The molecule has 0 unspecified atom stereocenters. The van der Waals surface area contributed by atoms with E-state index in [-0.39, 0.29) is 56.9 Å². The van der Waals surface area contributed by atoms with Gasteiger partial charge >= 0.3 is 51.4 Å². The second-order valence-corrected chi connectivity index (χ2v) is 4.10. The molecule has 1 aromatic carbocycles. The normalized spacial score (nSPS) is 17.9. The summed E-state index contributed by atoms with van der Waals surface area (Å²) in [6.07, 6.45) is 1.14. The molecule has 0 bridgehead atoms. The summed E-state index contributed by atoms with van der Waals surface area (Å²) in [6, 6.07) is 9.35. The number of rotatable bonds is 0. The largest absolute Gasteiger partial charge is 1.00 e. The van der Waals surface area contributed by atoms with Crippen LogP contribution in [0.1, 0.15) is 19.4 Å². The zero-order valence-corrected chi connectivity index (χ0v) is 12.0. The van der Waals surface area contributed by atoms with E-state index in [4.69, 9.17) is 0 Å². The van der Waals surface area contributed by atoms with E-state index in [0.29, 0.717) is 0 Å². The van der Waals surface area contributed by atoms with E-state index in [0.717, 1.165) is 6.42 Å². The summed E-state index contributed by atoms with van der Waals surface area (Å²) < 4.78 is 0. The van der Waals surface area contributed by atoms with Crippen LogP contribution >= 0.6 is 0 Å². The number of anilines is 1. The van der Waals surface area contributed by atoms with Crippen molar-refractivity contribution < 1.29 is 51.4 Å². The first-order valence-electron chi connectivity index (χ1n) is 4.34. The molecular formula is C11H14KN. The average molecular weight is 199 g/mol. The van der Waals surface area contributed by atoms with Crippen molar-refractivity contribution in [3.8, 4) is 0 Å². The summed E-state index contributed by atoms with van der Waals surface area (Å²) in [6.45, 7) is 4.54. The van der Waals surface area contributed by atoms with E-state index >= 15 is 0 Å². The number of nitrogens with zero attached hydrogens (tertiary/aromatic N) is 1. The Balaban J connectivity index is 0.000000845. The van der Waals surface area contributed by atoms with E-state index in [1.165, 1.54) is 11.3 Å². The number of fused-ring (bicyclic) bond motifs is 1. The van der Waals surface area contributed by atoms with E-state index in [1.54, 1.807) is 0 Å². The zero-order valence-electron chi connectivity index (χ0n) is 8.89. The van der Waals surface area contributed by atoms with Crippen molar-refractivity contribution in [2.45, 2.75) is 25.8 Å². The summed E-state index contributed by atoms with van der Waals surface area (Å²) in [7, 11) is 2.16. The Hall–Kier alpha value is 0.656. The fourth-order valence-electron chi connectivity index (χ4n) is 1.84. The molecule has 0 amide bonds. The van der Waals surface area contributed by atoms with Gasteiger partial charge < -0.3 is 4.90 Å². The third kappa shape index (κ3) is 2.02. The van der Waals surface area contributed by atoms with Crippen LogP contribution in [0.5, 0.6) is 0 Å². The van der Waals surface area contributed by atoms with Gasteiger partial charge in [-0.3, -0.25) is 0 Å². The number of likely N-dealkylation sites (N-methyl/N-ethyl adjacent to an activating group) is 1. The Morgan fingerprint density at radius 3 is 2.77 bits per heavy atom.